The van der Waals surface area contributed by atoms with Crippen LogP contribution in [0.25, 0.3) is 0 Å². The van der Waals surface area contributed by atoms with Gasteiger partial charge in [0.1, 0.15) is 0 Å². The van der Waals surface area contributed by atoms with Crippen LogP contribution in [-0.2, 0) is 11.3 Å². The fourth-order valence-electron chi connectivity index (χ4n) is 1.41. The highest BCUT2D eigenvalue weighted by molar-refractivity contribution is 9.10. The summed E-state index contributed by atoms with van der Waals surface area (Å²) in [5, 5.41) is 4.23. The van der Waals surface area contributed by atoms with Crippen molar-refractivity contribution in [1.82, 2.24) is 15.2 Å². The third-order valence-corrected chi connectivity index (χ3v) is 2.76. The zero-order chi connectivity index (χ0) is 11.3. The standard InChI is InChI=1S/C9H17BrN4O/c1-3-14-9(7(10)5-12-14)8(13-11)6-15-4-2/h5,8,13H,3-4,6,11H2,1-2H3. The quantitative estimate of drug-likeness (QED) is 0.606. The van der Waals surface area contributed by atoms with E-state index in [0.717, 1.165) is 16.7 Å². The molecule has 0 amide bonds. The van der Waals surface area contributed by atoms with E-state index in [0.29, 0.717) is 13.2 Å². The molecule has 1 unspecified atom stereocenters. The average Bonchev–Trinajstić information content (AvgIpc) is 2.62. The average molecular weight is 277 g/mol. The molecule has 0 aliphatic heterocycles. The highest BCUT2D eigenvalue weighted by Crippen LogP contribution is 2.23. The van der Waals surface area contributed by atoms with Crippen LogP contribution in [0.5, 0.6) is 0 Å². The molecule has 0 fully saturated rings. The number of hydrogen-bond donors (Lipinski definition) is 2. The molecule has 1 aromatic rings. The number of ether oxygens (including phenoxy) is 1. The van der Waals surface area contributed by atoms with Gasteiger partial charge in [-0.15, -0.1) is 0 Å². The highest BCUT2D eigenvalue weighted by atomic mass is 79.9. The van der Waals surface area contributed by atoms with Crippen molar-refractivity contribution in [3.8, 4) is 0 Å². The maximum absolute atomic E-state index is 5.51. The molecule has 0 aliphatic carbocycles. The molecular weight excluding hydrogens is 260 g/mol. The molecule has 0 saturated carbocycles. The Morgan fingerprint density at radius 2 is 2.40 bits per heavy atom. The summed E-state index contributed by atoms with van der Waals surface area (Å²) < 4.78 is 8.21. The topological polar surface area (TPSA) is 65.1 Å². The lowest BCUT2D eigenvalue weighted by Crippen LogP contribution is -2.33. The predicted molar refractivity (Wildman–Crippen MR) is 62.2 cm³/mol. The Morgan fingerprint density at radius 1 is 1.67 bits per heavy atom. The summed E-state index contributed by atoms with van der Waals surface area (Å²) in [7, 11) is 0. The molecule has 1 aromatic heterocycles. The van der Waals surface area contributed by atoms with Crippen molar-refractivity contribution in [3.63, 3.8) is 0 Å². The van der Waals surface area contributed by atoms with Gasteiger partial charge in [-0.1, -0.05) is 0 Å². The third kappa shape index (κ3) is 3.01. The van der Waals surface area contributed by atoms with Crippen LogP contribution in [0.1, 0.15) is 25.6 Å². The second kappa shape index (κ2) is 6.22. The van der Waals surface area contributed by atoms with Gasteiger partial charge in [-0.2, -0.15) is 5.10 Å². The largest absolute Gasteiger partial charge is 0.380 e. The molecule has 1 rings (SSSR count). The van der Waals surface area contributed by atoms with Gasteiger partial charge in [-0.25, -0.2) is 5.43 Å². The molecule has 1 heterocycles. The second-order valence-electron chi connectivity index (χ2n) is 3.07. The third-order valence-electron chi connectivity index (χ3n) is 2.15. The van der Waals surface area contributed by atoms with Crippen LogP contribution in [0, 0.1) is 0 Å². The molecule has 86 valence electrons. The summed E-state index contributed by atoms with van der Waals surface area (Å²) in [6.07, 6.45) is 1.77. The zero-order valence-electron chi connectivity index (χ0n) is 9.03. The number of aryl methyl sites for hydroxylation is 1. The van der Waals surface area contributed by atoms with Crippen molar-refractivity contribution in [2.75, 3.05) is 13.2 Å². The van der Waals surface area contributed by atoms with Crippen molar-refractivity contribution in [2.45, 2.75) is 26.4 Å². The van der Waals surface area contributed by atoms with E-state index in [9.17, 15) is 0 Å². The van der Waals surface area contributed by atoms with Gasteiger partial charge < -0.3 is 4.74 Å². The fraction of sp³-hybridized carbons (Fsp3) is 0.667. The van der Waals surface area contributed by atoms with Crippen LogP contribution in [0.4, 0.5) is 0 Å². The summed E-state index contributed by atoms with van der Waals surface area (Å²) >= 11 is 3.46. The van der Waals surface area contributed by atoms with Crippen LogP contribution < -0.4 is 11.3 Å². The Bertz CT molecular complexity index is 302. The van der Waals surface area contributed by atoms with Crippen molar-refractivity contribution < 1.29 is 4.74 Å². The molecule has 3 N–H and O–H groups in total. The lowest BCUT2D eigenvalue weighted by Gasteiger charge is -2.17. The predicted octanol–water partition coefficient (Wildman–Crippen LogP) is 1.21. The van der Waals surface area contributed by atoms with Crippen LogP contribution in [0.2, 0.25) is 0 Å². The zero-order valence-corrected chi connectivity index (χ0v) is 10.6. The lowest BCUT2D eigenvalue weighted by atomic mass is 10.2. The maximum atomic E-state index is 5.51. The first-order valence-corrected chi connectivity index (χ1v) is 5.78. The Morgan fingerprint density at radius 3 is 2.93 bits per heavy atom. The Labute approximate surface area is 98.1 Å². The highest BCUT2D eigenvalue weighted by Gasteiger charge is 2.18. The van der Waals surface area contributed by atoms with Gasteiger partial charge in [0.25, 0.3) is 0 Å². The Hall–Kier alpha value is -0.430. The van der Waals surface area contributed by atoms with Crippen LogP contribution >= 0.6 is 15.9 Å². The molecular formula is C9H17BrN4O. The van der Waals surface area contributed by atoms with Gasteiger partial charge in [0.15, 0.2) is 0 Å². The van der Waals surface area contributed by atoms with E-state index in [1.165, 1.54) is 0 Å². The SMILES string of the molecule is CCOCC(NN)c1c(Br)cnn1CC. The molecule has 5 nitrogen and oxygen atoms in total. The normalized spacial score (nSPS) is 13.1. The summed E-state index contributed by atoms with van der Waals surface area (Å²) in [6, 6.07) is -0.0400. The summed E-state index contributed by atoms with van der Waals surface area (Å²) in [5.41, 5.74) is 3.76. The lowest BCUT2D eigenvalue weighted by molar-refractivity contribution is 0.120. The van der Waals surface area contributed by atoms with Gasteiger partial charge >= 0.3 is 0 Å². The number of nitrogens with two attached hydrogens (primary N) is 1. The number of hydrogen-bond acceptors (Lipinski definition) is 4. The molecule has 0 aliphatic rings. The number of hydrazine groups is 1. The minimum atomic E-state index is -0.0400. The number of halogens is 1. The number of nitrogens with one attached hydrogen (secondary N) is 1. The van der Waals surface area contributed by atoms with Crippen molar-refractivity contribution in [2.24, 2.45) is 5.84 Å². The first kappa shape index (κ1) is 12.6. The molecule has 0 aromatic carbocycles. The van der Waals surface area contributed by atoms with Crippen molar-refractivity contribution in [3.05, 3.63) is 16.4 Å². The van der Waals surface area contributed by atoms with Gasteiger partial charge in [0, 0.05) is 13.2 Å². The molecule has 1 atom stereocenters. The van der Waals surface area contributed by atoms with Crippen LogP contribution in [0.3, 0.4) is 0 Å². The Balaban J connectivity index is 2.84. The smallest absolute Gasteiger partial charge is 0.0873 e. The first-order chi connectivity index (χ1) is 7.24. The minimum absolute atomic E-state index is 0.0400. The summed E-state index contributed by atoms with van der Waals surface area (Å²) in [5.74, 6) is 5.51. The fourth-order valence-corrected chi connectivity index (χ4v) is 1.98. The van der Waals surface area contributed by atoms with E-state index < -0.39 is 0 Å². The minimum Gasteiger partial charge on any atom is -0.380 e. The van der Waals surface area contributed by atoms with E-state index in [1.54, 1.807) is 6.20 Å². The van der Waals surface area contributed by atoms with Crippen molar-refractivity contribution >= 4 is 15.9 Å². The monoisotopic (exact) mass is 276 g/mol. The van der Waals surface area contributed by atoms with Crippen LogP contribution in [-0.4, -0.2) is 23.0 Å². The molecule has 0 radical (unpaired) electrons. The van der Waals surface area contributed by atoms with Crippen LogP contribution in [0.15, 0.2) is 10.7 Å². The van der Waals surface area contributed by atoms with Gasteiger partial charge in [0.05, 0.1) is 29.0 Å². The summed E-state index contributed by atoms with van der Waals surface area (Å²) in [6.45, 7) is 6.02. The number of rotatable bonds is 6. The van der Waals surface area contributed by atoms with E-state index in [2.05, 4.69) is 26.5 Å². The van der Waals surface area contributed by atoms with Crippen molar-refractivity contribution in [1.29, 1.82) is 0 Å². The molecule has 0 spiro atoms. The Kier molecular flexibility index (Phi) is 5.24. The van der Waals surface area contributed by atoms with Gasteiger partial charge in [-0.3, -0.25) is 10.5 Å². The van der Waals surface area contributed by atoms with Gasteiger partial charge in [0.2, 0.25) is 0 Å². The number of nitrogens with zero attached hydrogens (tertiary/aromatic N) is 2. The van der Waals surface area contributed by atoms with E-state index >= 15 is 0 Å². The number of aromatic nitrogens is 2. The molecule has 15 heavy (non-hydrogen) atoms. The van der Waals surface area contributed by atoms with E-state index in [-0.39, 0.29) is 6.04 Å². The van der Waals surface area contributed by atoms with E-state index in [4.69, 9.17) is 10.6 Å². The molecule has 6 heteroatoms. The molecule has 0 bridgehead atoms. The first-order valence-electron chi connectivity index (χ1n) is 4.99. The molecule has 0 saturated heterocycles. The summed E-state index contributed by atoms with van der Waals surface area (Å²) in [4.78, 5) is 0. The van der Waals surface area contributed by atoms with E-state index in [1.807, 2.05) is 18.5 Å². The maximum Gasteiger partial charge on any atom is 0.0873 e. The second-order valence-corrected chi connectivity index (χ2v) is 3.93. The van der Waals surface area contributed by atoms with Gasteiger partial charge in [-0.05, 0) is 29.8 Å².